The largest absolute Gasteiger partial charge is 0.494 e. The molecule has 1 aliphatic heterocycles. The van der Waals surface area contributed by atoms with Gasteiger partial charge in [-0.1, -0.05) is 30.4 Å². The fourth-order valence-electron chi connectivity index (χ4n) is 3.93. The van der Waals surface area contributed by atoms with Crippen LogP contribution in [0.15, 0.2) is 24.3 Å². The molecule has 1 fully saturated rings. The quantitative estimate of drug-likeness (QED) is 0.717. The maximum absolute atomic E-state index is 10.9. The number of aryl methyl sites for hydroxylation is 1. The smallest absolute Gasteiger partial charge is 0.230 e. The number of ether oxygens (including phenoxy) is 1. The number of rotatable bonds is 5. The van der Waals surface area contributed by atoms with Crippen LogP contribution in [0.1, 0.15) is 49.0 Å². The molecule has 27 heavy (non-hydrogen) atoms. The van der Waals surface area contributed by atoms with Crippen LogP contribution in [0.4, 0.5) is 0 Å². The molecule has 1 saturated heterocycles. The molecule has 2 atom stereocenters. The average Bonchev–Trinajstić information content (AvgIpc) is 3.15. The van der Waals surface area contributed by atoms with Crippen LogP contribution in [0.2, 0.25) is 0 Å². The van der Waals surface area contributed by atoms with E-state index in [4.69, 9.17) is 4.74 Å². The van der Waals surface area contributed by atoms with E-state index in [1.165, 1.54) is 24.2 Å². The predicted molar refractivity (Wildman–Crippen MR) is 107 cm³/mol. The van der Waals surface area contributed by atoms with Crippen LogP contribution >= 0.6 is 11.3 Å². The van der Waals surface area contributed by atoms with Gasteiger partial charge in [0.05, 0.1) is 17.5 Å². The summed E-state index contributed by atoms with van der Waals surface area (Å²) in [5.41, 5.74) is 1.16. The van der Waals surface area contributed by atoms with Crippen LogP contribution in [0, 0.1) is 12.8 Å². The van der Waals surface area contributed by atoms with Crippen molar-refractivity contribution in [2.45, 2.75) is 39.7 Å². The van der Waals surface area contributed by atoms with Crippen molar-refractivity contribution in [1.82, 2.24) is 19.5 Å². The van der Waals surface area contributed by atoms with Crippen LogP contribution in [0.3, 0.4) is 0 Å². The number of likely N-dealkylation sites (tertiary alicyclic amines) is 1. The molecule has 0 aliphatic carbocycles. The summed E-state index contributed by atoms with van der Waals surface area (Å²) in [4.78, 5) is 8.56. The number of hydrogen-bond acceptors (Lipinski definition) is 6. The lowest BCUT2D eigenvalue weighted by atomic mass is 9.95. The standard InChI is InChI=1S/C20H26N4O2S/c1-4-26-16-9-7-15(8-10-16)17(23-11-5-6-13(2)12-23)18-19(25)24-20(27-18)21-14(3)22-24/h7-10,13,17,25H,4-6,11-12H2,1-3H3/t13-,17+/m1/s1. The molecular weight excluding hydrogens is 360 g/mol. The third kappa shape index (κ3) is 3.53. The first-order valence-corrected chi connectivity index (χ1v) is 10.4. The molecule has 6 nitrogen and oxygen atoms in total. The van der Waals surface area contributed by atoms with Gasteiger partial charge in [-0.2, -0.15) is 4.52 Å². The molecule has 0 saturated carbocycles. The van der Waals surface area contributed by atoms with Crippen LogP contribution in [0.5, 0.6) is 11.6 Å². The van der Waals surface area contributed by atoms with Gasteiger partial charge in [-0.3, -0.25) is 4.90 Å². The van der Waals surface area contributed by atoms with E-state index in [0.717, 1.165) is 34.2 Å². The molecular formula is C20H26N4O2S. The van der Waals surface area contributed by atoms with Crippen molar-refractivity contribution in [3.8, 4) is 11.6 Å². The molecule has 3 aromatic rings. The first-order chi connectivity index (χ1) is 13.1. The highest BCUT2D eigenvalue weighted by Crippen LogP contribution is 2.41. The monoisotopic (exact) mass is 386 g/mol. The SMILES string of the molecule is CCOc1ccc([C@@H](c2sc3nc(C)nn3c2O)N2CCC[C@@H](C)C2)cc1. The maximum Gasteiger partial charge on any atom is 0.230 e. The Labute approximate surface area is 163 Å². The highest BCUT2D eigenvalue weighted by molar-refractivity contribution is 7.17. The van der Waals surface area contributed by atoms with Gasteiger partial charge in [0, 0.05) is 6.54 Å². The first-order valence-electron chi connectivity index (χ1n) is 9.58. The highest BCUT2D eigenvalue weighted by Gasteiger charge is 2.31. The van der Waals surface area contributed by atoms with Gasteiger partial charge < -0.3 is 9.84 Å². The first kappa shape index (κ1) is 18.3. The third-order valence-corrected chi connectivity index (χ3v) is 6.19. The van der Waals surface area contributed by atoms with Crippen molar-refractivity contribution in [1.29, 1.82) is 0 Å². The van der Waals surface area contributed by atoms with Crippen molar-refractivity contribution in [2.75, 3.05) is 19.7 Å². The molecule has 0 bridgehead atoms. The Morgan fingerprint density at radius 2 is 2.11 bits per heavy atom. The minimum Gasteiger partial charge on any atom is -0.494 e. The Kier molecular flexibility index (Phi) is 5.06. The molecule has 4 rings (SSSR count). The number of nitrogens with zero attached hydrogens (tertiary/aromatic N) is 4. The molecule has 0 unspecified atom stereocenters. The molecule has 1 aliphatic rings. The average molecular weight is 387 g/mol. The van der Waals surface area contributed by atoms with E-state index in [0.29, 0.717) is 18.3 Å². The maximum atomic E-state index is 10.9. The fraction of sp³-hybridized carbons (Fsp3) is 0.500. The Balaban J connectivity index is 1.77. The third-order valence-electron chi connectivity index (χ3n) is 5.11. The summed E-state index contributed by atoms with van der Waals surface area (Å²) in [6.45, 7) is 8.82. The molecule has 7 heteroatoms. The zero-order valence-corrected chi connectivity index (χ0v) is 16.9. The van der Waals surface area contributed by atoms with E-state index < -0.39 is 0 Å². The molecule has 0 amide bonds. The van der Waals surface area contributed by atoms with Crippen molar-refractivity contribution in [2.24, 2.45) is 5.92 Å². The molecule has 1 aromatic carbocycles. The molecule has 1 N–H and O–H groups in total. The van der Waals surface area contributed by atoms with Gasteiger partial charge in [-0.15, -0.1) is 5.10 Å². The lowest BCUT2D eigenvalue weighted by Gasteiger charge is -2.37. The predicted octanol–water partition coefficient (Wildman–Crippen LogP) is 4.02. The number of benzene rings is 1. The zero-order valence-electron chi connectivity index (χ0n) is 16.1. The number of fused-ring (bicyclic) bond motifs is 1. The number of piperidine rings is 1. The fourth-order valence-corrected chi connectivity index (χ4v) is 5.09. The van der Waals surface area contributed by atoms with E-state index in [1.807, 2.05) is 26.0 Å². The van der Waals surface area contributed by atoms with E-state index >= 15 is 0 Å². The van der Waals surface area contributed by atoms with Crippen molar-refractivity contribution in [3.05, 3.63) is 40.5 Å². The number of aromatic nitrogens is 3. The second kappa shape index (κ2) is 7.48. The van der Waals surface area contributed by atoms with Crippen LogP contribution in [-0.4, -0.2) is 44.3 Å². The summed E-state index contributed by atoms with van der Waals surface area (Å²) in [6, 6.07) is 8.23. The van der Waals surface area contributed by atoms with Crippen LogP contribution in [-0.2, 0) is 0 Å². The number of aromatic hydroxyl groups is 1. The van der Waals surface area contributed by atoms with E-state index in [2.05, 4.69) is 34.0 Å². The Bertz CT molecular complexity index is 918. The molecule has 144 valence electrons. The van der Waals surface area contributed by atoms with Crippen molar-refractivity contribution >= 4 is 16.3 Å². The lowest BCUT2D eigenvalue weighted by molar-refractivity contribution is 0.149. The Morgan fingerprint density at radius 1 is 1.33 bits per heavy atom. The highest BCUT2D eigenvalue weighted by atomic mass is 32.1. The Hall–Kier alpha value is -2.12. The normalized spacial score (nSPS) is 19.4. The second-order valence-electron chi connectivity index (χ2n) is 7.29. The minimum atomic E-state index is -0.00256. The topological polar surface area (TPSA) is 62.9 Å². The van der Waals surface area contributed by atoms with Gasteiger partial charge >= 0.3 is 0 Å². The minimum absolute atomic E-state index is 0.00256. The zero-order chi connectivity index (χ0) is 19.0. The van der Waals surface area contributed by atoms with E-state index in [-0.39, 0.29) is 11.9 Å². The number of hydrogen-bond donors (Lipinski definition) is 1. The van der Waals surface area contributed by atoms with Gasteiger partial charge in [0.25, 0.3) is 0 Å². The summed E-state index contributed by atoms with van der Waals surface area (Å²) in [5.74, 6) is 2.39. The Morgan fingerprint density at radius 3 is 2.78 bits per heavy atom. The van der Waals surface area contributed by atoms with Gasteiger partial charge in [0.1, 0.15) is 11.6 Å². The van der Waals surface area contributed by atoms with E-state index in [9.17, 15) is 5.11 Å². The molecule has 0 radical (unpaired) electrons. The van der Waals surface area contributed by atoms with Crippen LogP contribution in [0.25, 0.3) is 4.96 Å². The van der Waals surface area contributed by atoms with E-state index in [1.54, 1.807) is 4.52 Å². The molecule has 2 aromatic heterocycles. The number of thiazole rings is 1. The van der Waals surface area contributed by atoms with Crippen molar-refractivity contribution in [3.63, 3.8) is 0 Å². The molecule has 3 heterocycles. The van der Waals surface area contributed by atoms with Gasteiger partial charge in [-0.05, 0) is 56.8 Å². The van der Waals surface area contributed by atoms with Gasteiger partial charge in [-0.25, -0.2) is 4.98 Å². The van der Waals surface area contributed by atoms with Crippen LogP contribution < -0.4 is 4.74 Å². The lowest BCUT2D eigenvalue weighted by Crippen LogP contribution is -2.37. The van der Waals surface area contributed by atoms with Gasteiger partial charge in [0.2, 0.25) is 10.8 Å². The summed E-state index contributed by atoms with van der Waals surface area (Å²) in [6.07, 6.45) is 2.43. The van der Waals surface area contributed by atoms with Crippen molar-refractivity contribution < 1.29 is 9.84 Å². The summed E-state index contributed by atoms with van der Waals surface area (Å²) in [5, 5.41) is 15.2. The summed E-state index contributed by atoms with van der Waals surface area (Å²) in [7, 11) is 0. The second-order valence-corrected chi connectivity index (χ2v) is 8.30. The summed E-state index contributed by atoms with van der Waals surface area (Å²) < 4.78 is 7.16. The van der Waals surface area contributed by atoms with Gasteiger partial charge in [0.15, 0.2) is 0 Å². The molecule has 0 spiro atoms. The summed E-state index contributed by atoms with van der Waals surface area (Å²) >= 11 is 1.52.